The van der Waals surface area contributed by atoms with Gasteiger partial charge in [-0.2, -0.15) is 0 Å². The molecule has 0 aliphatic heterocycles. The first-order valence-electron chi connectivity index (χ1n) is 11.0. The van der Waals surface area contributed by atoms with Gasteiger partial charge in [-0.05, 0) is 73.8 Å². The first-order chi connectivity index (χ1) is 15.8. The van der Waals surface area contributed by atoms with Crippen molar-refractivity contribution in [1.82, 2.24) is 0 Å². The Morgan fingerprint density at radius 2 is 0.844 bits per heavy atom. The maximum absolute atomic E-state index is 3.56. The lowest BCUT2D eigenvalue weighted by atomic mass is 9.70. The molecule has 0 fully saturated rings. The summed E-state index contributed by atoms with van der Waals surface area (Å²) in [7, 11) is 0. The molecule has 0 aromatic heterocycles. The molecule has 0 unspecified atom stereocenters. The predicted octanol–water partition coefficient (Wildman–Crippen LogP) is 8.46. The Hall–Kier alpha value is -3.42. The molecule has 5 aromatic carbocycles. The average Bonchev–Trinajstić information content (AvgIpc) is 3.32. The van der Waals surface area contributed by atoms with E-state index in [4.69, 9.17) is 0 Å². The van der Waals surface area contributed by atoms with Crippen molar-refractivity contribution in [3.63, 3.8) is 0 Å². The number of rotatable bonds is 1. The first kappa shape index (κ1) is 18.2. The summed E-state index contributed by atoms with van der Waals surface area (Å²) in [5.74, 6) is 0. The van der Waals surface area contributed by atoms with Gasteiger partial charge in [0.2, 0.25) is 0 Å². The normalized spacial score (nSPS) is 14.0. The fourth-order valence-corrected chi connectivity index (χ4v) is 6.19. The molecule has 0 N–H and O–H groups in total. The third-order valence-electron chi connectivity index (χ3n) is 7.17. The van der Waals surface area contributed by atoms with Crippen LogP contribution in [0.5, 0.6) is 0 Å². The summed E-state index contributed by atoms with van der Waals surface area (Å²) in [6, 6.07) is 42.5. The van der Waals surface area contributed by atoms with Crippen LogP contribution in [0.2, 0.25) is 0 Å². The number of benzene rings is 5. The predicted molar refractivity (Wildman–Crippen MR) is 136 cm³/mol. The van der Waals surface area contributed by atoms with Gasteiger partial charge < -0.3 is 0 Å². The highest BCUT2D eigenvalue weighted by Crippen LogP contribution is 2.62. The van der Waals surface area contributed by atoms with Gasteiger partial charge in [-0.15, -0.1) is 0 Å². The molecule has 7 rings (SSSR count). The van der Waals surface area contributed by atoms with E-state index in [2.05, 4.69) is 131 Å². The van der Waals surface area contributed by atoms with Crippen LogP contribution in [0, 0.1) is 0 Å². The molecule has 0 saturated heterocycles. The molecule has 2 aliphatic carbocycles. The van der Waals surface area contributed by atoms with Crippen LogP contribution in [0.3, 0.4) is 0 Å². The van der Waals surface area contributed by atoms with E-state index in [1.54, 1.807) is 0 Å². The molecule has 0 heterocycles. The summed E-state index contributed by atoms with van der Waals surface area (Å²) in [6.07, 6.45) is 0. The molecule has 2 aliphatic rings. The van der Waals surface area contributed by atoms with Crippen molar-refractivity contribution in [3.8, 4) is 33.4 Å². The van der Waals surface area contributed by atoms with Gasteiger partial charge in [0.15, 0.2) is 0 Å². The fraction of sp³-hybridized carbons (Fsp3) is 0.0323. The molecule has 0 saturated carbocycles. The summed E-state index contributed by atoms with van der Waals surface area (Å²) >= 11 is 3.56. The second-order valence-corrected chi connectivity index (χ2v) is 9.57. The van der Waals surface area contributed by atoms with Crippen LogP contribution in [0.1, 0.15) is 22.3 Å². The molecule has 0 radical (unpaired) electrons. The highest BCUT2D eigenvalue weighted by molar-refractivity contribution is 9.10. The summed E-state index contributed by atoms with van der Waals surface area (Å²) < 4.78 is 1.10. The Bertz CT molecular complexity index is 1480. The Balaban J connectivity index is 1.58. The number of hydrogen-bond donors (Lipinski definition) is 0. The molecule has 1 spiro atoms. The molecule has 0 atom stereocenters. The van der Waals surface area contributed by atoms with Crippen molar-refractivity contribution >= 4 is 15.9 Å². The van der Waals surface area contributed by atoms with Gasteiger partial charge in [0.1, 0.15) is 0 Å². The minimum Gasteiger partial charge on any atom is -0.0619 e. The SMILES string of the molecule is Brc1ccc(-c2ccc3c(c2)-c2ccccc2C32c3ccccc3-c3ccccc32)cc1. The van der Waals surface area contributed by atoms with E-state index >= 15 is 0 Å². The number of hydrogen-bond acceptors (Lipinski definition) is 0. The van der Waals surface area contributed by atoms with Crippen LogP contribution < -0.4 is 0 Å². The molecular weight excluding hydrogens is 452 g/mol. The Morgan fingerprint density at radius 1 is 0.406 bits per heavy atom. The maximum Gasteiger partial charge on any atom is 0.0725 e. The van der Waals surface area contributed by atoms with E-state index in [1.807, 2.05) is 0 Å². The van der Waals surface area contributed by atoms with Crippen LogP contribution in [0.15, 0.2) is 120 Å². The molecule has 5 aromatic rings. The van der Waals surface area contributed by atoms with Gasteiger partial charge in [-0.25, -0.2) is 0 Å². The lowest BCUT2D eigenvalue weighted by molar-refractivity contribution is 0.794. The quantitative estimate of drug-likeness (QED) is 0.225. The summed E-state index contributed by atoms with van der Waals surface area (Å²) in [5, 5.41) is 0. The largest absolute Gasteiger partial charge is 0.0725 e. The van der Waals surface area contributed by atoms with Crippen LogP contribution in [-0.4, -0.2) is 0 Å². The van der Waals surface area contributed by atoms with Crippen molar-refractivity contribution in [2.24, 2.45) is 0 Å². The minimum absolute atomic E-state index is 0.253. The second kappa shape index (κ2) is 6.54. The summed E-state index contributed by atoms with van der Waals surface area (Å²) in [5.41, 5.74) is 13.2. The van der Waals surface area contributed by atoms with Crippen LogP contribution in [0.25, 0.3) is 33.4 Å². The van der Waals surface area contributed by atoms with E-state index in [0.29, 0.717) is 0 Å². The van der Waals surface area contributed by atoms with Gasteiger partial charge in [-0.1, -0.05) is 113 Å². The standard InChI is InChI=1S/C31H19Br/c32-22-16-13-20(14-17-22)21-15-18-30-26(19-21)25-9-3-6-12-29(25)31(30)27-10-4-1-7-23(27)24-8-2-5-11-28(24)31/h1-19H. The van der Waals surface area contributed by atoms with Crippen molar-refractivity contribution < 1.29 is 0 Å². The van der Waals surface area contributed by atoms with Crippen LogP contribution in [-0.2, 0) is 5.41 Å². The van der Waals surface area contributed by atoms with Crippen molar-refractivity contribution in [3.05, 3.63) is 142 Å². The molecule has 0 amide bonds. The monoisotopic (exact) mass is 470 g/mol. The Morgan fingerprint density at radius 3 is 1.41 bits per heavy atom. The third-order valence-corrected chi connectivity index (χ3v) is 7.70. The van der Waals surface area contributed by atoms with Gasteiger partial charge in [-0.3, -0.25) is 0 Å². The van der Waals surface area contributed by atoms with Gasteiger partial charge in [0, 0.05) is 4.47 Å². The van der Waals surface area contributed by atoms with Gasteiger partial charge in [0.05, 0.1) is 5.41 Å². The van der Waals surface area contributed by atoms with Crippen LogP contribution in [0.4, 0.5) is 0 Å². The molecule has 1 heteroatoms. The highest BCUT2D eigenvalue weighted by atomic mass is 79.9. The van der Waals surface area contributed by atoms with Crippen molar-refractivity contribution in [2.75, 3.05) is 0 Å². The molecule has 32 heavy (non-hydrogen) atoms. The fourth-order valence-electron chi connectivity index (χ4n) is 5.92. The zero-order chi connectivity index (χ0) is 21.3. The summed E-state index contributed by atoms with van der Waals surface area (Å²) in [6.45, 7) is 0. The van der Waals surface area contributed by atoms with E-state index in [1.165, 1.54) is 55.6 Å². The lowest BCUT2D eigenvalue weighted by Crippen LogP contribution is -2.25. The van der Waals surface area contributed by atoms with Gasteiger partial charge in [0.25, 0.3) is 0 Å². The van der Waals surface area contributed by atoms with E-state index < -0.39 is 0 Å². The lowest BCUT2D eigenvalue weighted by Gasteiger charge is -2.30. The van der Waals surface area contributed by atoms with E-state index in [-0.39, 0.29) is 5.41 Å². The van der Waals surface area contributed by atoms with Crippen LogP contribution >= 0.6 is 15.9 Å². The molecule has 0 bridgehead atoms. The molecule has 0 nitrogen and oxygen atoms in total. The zero-order valence-corrected chi connectivity index (χ0v) is 18.9. The third kappa shape index (κ3) is 2.22. The van der Waals surface area contributed by atoms with Crippen molar-refractivity contribution in [1.29, 1.82) is 0 Å². The Kier molecular flexibility index (Phi) is 3.72. The smallest absolute Gasteiger partial charge is 0.0619 e. The second-order valence-electron chi connectivity index (χ2n) is 8.65. The minimum atomic E-state index is -0.253. The number of fused-ring (bicyclic) bond motifs is 10. The number of halogens is 1. The topological polar surface area (TPSA) is 0 Å². The summed E-state index contributed by atoms with van der Waals surface area (Å²) in [4.78, 5) is 0. The Labute approximate surface area is 196 Å². The zero-order valence-electron chi connectivity index (χ0n) is 17.3. The van der Waals surface area contributed by atoms with E-state index in [9.17, 15) is 0 Å². The van der Waals surface area contributed by atoms with Gasteiger partial charge >= 0.3 is 0 Å². The highest BCUT2D eigenvalue weighted by Gasteiger charge is 2.51. The average molecular weight is 471 g/mol. The first-order valence-corrected chi connectivity index (χ1v) is 11.8. The van der Waals surface area contributed by atoms with E-state index in [0.717, 1.165) is 4.47 Å². The maximum atomic E-state index is 3.56. The molecular formula is C31H19Br. The van der Waals surface area contributed by atoms with Crippen molar-refractivity contribution in [2.45, 2.75) is 5.41 Å². The molecule has 150 valence electrons.